The molecule has 1 heterocycles. The number of carboxylic acids is 1. The number of hydrogen-bond donors (Lipinski definition) is 1. The molecule has 0 fully saturated rings. The number of aliphatic carboxylic acids is 1. The van der Waals surface area contributed by atoms with Gasteiger partial charge in [-0.1, -0.05) is 0 Å². The number of carbonyl (C=O) groups is 1. The summed E-state index contributed by atoms with van der Waals surface area (Å²) in [5, 5.41) is 10.1. The zero-order valence-corrected chi connectivity index (χ0v) is 7.03. The van der Waals surface area contributed by atoms with Crippen molar-refractivity contribution in [1.82, 2.24) is 5.06 Å². The Kier molecular flexibility index (Phi) is 2.54. The van der Waals surface area contributed by atoms with E-state index in [4.69, 9.17) is 14.7 Å². The summed E-state index contributed by atoms with van der Waals surface area (Å²) in [6, 6.07) is 0. The van der Waals surface area contributed by atoms with Crippen molar-refractivity contribution in [2.75, 3.05) is 20.2 Å². The lowest BCUT2D eigenvalue weighted by Crippen LogP contribution is -2.14. The highest BCUT2D eigenvalue weighted by Crippen LogP contribution is 2.18. The van der Waals surface area contributed by atoms with Crippen LogP contribution in [0.25, 0.3) is 0 Å². The van der Waals surface area contributed by atoms with Crippen molar-refractivity contribution in [1.29, 1.82) is 0 Å². The van der Waals surface area contributed by atoms with Crippen molar-refractivity contribution in [2.24, 2.45) is 0 Å². The molecule has 68 valence electrons. The van der Waals surface area contributed by atoms with Crippen LogP contribution in [-0.4, -0.2) is 36.3 Å². The van der Waals surface area contributed by atoms with Gasteiger partial charge in [-0.3, -0.25) is 0 Å². The molecule has 1 aliphatic rings. The zero-order chi connectivity index (χ0) is 9.14. The number of hydroxylamine groups is 2. The zero-order valence-electron chi connectivity index (χ0n) is 7.03. The third-order valence-electron chi connectivity index (χ3n) is 1.40. The van der Waals surface area contributed by atoms with Crippen LogP contribution in [0.15, 0.2) is 11.5 Å². The molecule has 0 aromatic rings. The standard InChI is InChI=1S/C7H11NO4/c1-3-11-7-5(6(9)10)4-8(2)12-7/h3-4H2,1-2H3,(H,9,10). The minimum absolute atomic E-state index is 0.104. The van der Waals surface area contributed by atoms with Crippen molar-refractivity contribution in [3.8, 4) is 0 Å². The molecule has 0 aromatic carbocycles. The summed E-state index contributed by atoms with van der Waals surface area (Å²) in [4.78, 5) is 15.6. The summed E-state index contributed by atoms with van der Waals surface area (Å²) >= 11 is 0. The number of carboxylic acid groups (broad SMARTS) is 1. The molecule has 1 aliphatic heterocycles. The fourth-order valence-electron chi connectivity index (χ4n) is 0.916. The molecule has 1 rings (SSSR count). The van der Waals surface area contributed by atoms with Crippen LogP contribution >= 0.6 is 0 Å². The lowest BCUT2D eigenvalue weighted by Gasteiger charge is -2.08. The Labute approximate surface area is 70.1 Å². The van der Waals surface area contributed by atoms with Gasteiger partial charge in [-0.05, 0) is 6.92 Å². The average molecular weight is 173 g/mol. The molecular weight excluding hydrogens is 162 g/mol. The van der Waals surface area contributed by atoms with Crippen molar-refractivity contribution < 1.29 is 19.5 Å². The second kappa shape index (κ2) is 3.44. The van der Waals surface area contributed by atoms with Gasteiger partial charge in [0.15, 0.2) is 0 Å². The van der Waals surface area contributed by atoms with Gasteiger partial charge in [0.05, 0.1) is 13.2 Å². The van der Waals surface area contributed by atoms with E-state index in [1.165, 1.54) is 5.06 Å². The van der Waals surface area contributed by atoms with Crippen LogP contribution in [0.4, 0.5) is 0 Å². The summed E-state index contributed by atoms with van der Waals surface area (Å²) in [6.45, 7) is 2.43. The van der Waals surface area contributed by atoms with Crippen LogP contribution in [0.3, 0.4) is 0 Å². The molecule has 0 radical (unpaired) electrons. The van der Waals surface area contributed by atoms with Gasteiger partial charge in [0.2, 0.25) is 0 Å². The van der Waals surface area contributed by atoms with E-state index in [0.717, 1.165) is 0 Å². The van der Waals surface area contributed by atoms with Gasteiger partial charge in [-0.2, -0.15) is 0 Å². The van der Waals surface area contributed by atoms with Gasteiger partial charge >= 0.3 is 11.9 Å². The molecule has 0 unspecified atom stereocenters. The SMILES string of the molecule is CCOC1=C(C(=O)O)CN(C)O1. The van der Waals surface area contributed by atoms with Crippen molar-refractivity contribution >= 4 is 5.97 Å². The molecule has 0 bridgehead atoms. The molecular formula is C7H11NO4. The summed E-state index contributed by atoms with van der Waals surface area (Å²) in [7, 11) is 1.65. The van der Waals surface area contributed by atoms with Crippen LogP contribution in [0, 0.1) is 0 Å². The summed E-state index contributed by atoms with van der Waals surface area (Å²) in [5.41, 5.74) is 0.166. The van der Waals surface area contributed by atoms with Crippen molar-refractivity contribution in [3.05, 3.63) is 11.5 Å². The van der Waals surface area contributed by atoms with Crippen LogP contribution < -0.4 is 0 Å². The van der Waals surface area contributed by atoms with Crippen LogP contribution in [0.5, 0.6) is 0 Å². The third kappa shape index (κ3) is 1.68. The number of likely N-dealkylation sites (N-methyl/N-ethyl adjacent to an activating group) is 1. The van der Waals surface area contributed by atoms with E-state index in [1.807, 2.05) is 0 Å². The quantitative estimate of drug-likeness (QED) is 0.660. The molecule has 12 heavy (non-hydrogen) atoms. The maximum atomic E-state index is 10.6. The van der Waals surface area contributed by atoms with Gasteiger partial charge in [-0.15, -0.1) is 5.06 Å². The van der Waals surface area contributed by atoms with Gasteiger partial charge in [0.25, 0.3) is 0 Å². The third-order valence-corrected chi connectivity index (χ3v) is 1.40. The van der Waals surface area contributed by atoms with Gasteiger partial charge in [0, 0.05) is 7.05 Å². The fourth-order valence-corrected chi connectivity index (χ4v) is 0.916. The fraction of sp³-hybridized carbons (Fsp3) is 0.571. The summed E-state index contributed by atoms with van der Waals surface area (Å²) < 4.78 is 4.98. The van der Waals surface area contributed by atoms with E-state index in [0.29, 0.717) is 6.61 Å². The number of ether oxygens (including phenoxy) is 1. The van der Waals surface area contributed by atoms with Gasteiger partial charge < -0.3 is 14.7 Å². The molecule has 0 spiro atoms. The molecule has 0 saturated heterocycles. The number of nitrogens with zero attached hydrogens (tertiary/aromatic N) is 1. The first kappa shape index (κ1) is 8.86. The van der Waals surface area contributed by atoms with Crippen LogP contribution in [0.2, 0.25) is 0 Å². The van der Waals surface area contributed by atoms with Gasteiger partial charge in [0.1, 0.15) is 5.57 Å². The maximum Gasteiger partial charge on any atom is 0.340 e. The smallest absolute Gasteiger partial charge is 0.340 e. The lowest BCUT2D eigenvalue weighted by molar-refractivity contribution is -0.132. The topological polar surface area (TPSA) is 59.0 Å². The Morgan fingerprint density at radius 3 is 3.00 bits per heavy atom. The molecule has 5 nitrogen and oxygen atoms in total. The lowest BCUT2D eigenvalue weighted by atomic mass is 10.3. The number of hydrogen-bond acceptors (Lipinski definition) is 4. The summed E-state index contributed by atoms with van der Waals surface area (Å²) in [5.74, 6) is -0.893. The molecule has 0 atom stereocenters. The predicted octanol–water partition coefficient (Wildman–Crippen LogP) is 0.196. The van der Waals surface area contributed by atoms with Gasteiger partial charge in [-0.25, -0.2) is 4.79 Å². The minimum Gasteiger partial charge on any atom is -0.478 e. The normalized spacial score (nSPS) is 17.8. The molecule has 0 amide bonds. The first-order valence-electron chi connectivity index (χ1n) is 3.63. The largest absolute Gasteiger partial charge is 0.478 e. The van der Waals surface area contributed by atoms with Crippen molar-refractivity contribution in [3.63, 3.8) is 0 Å². The van der Waals surface area contributed by atoms with Crippen LogP contribution in [-0.2, 0) is 14.4 Å². The first-order valence-corrected chi connectivity index (χ1v) is 3.63. The molecule has 0 aliphatic carbocycles. The van der Waals surface area contributed by atoms with Crippen molar-refractivity contribution in [2.45, 2.75) is 6.92 Å². The van der Waals surface area contributed by atoms with E-state index in [9.17, 15) is 4.79 Å². The van der Waals surface area contributed by atoms with Crippen LogP contribution in [0.1, 0.15) is 6.92 Å². The number of rotatable bonds is 3. The second-order valence-electron chi connectivity index (χ2n) is 2.38. The molecule has 0 saturated carbocycles. The monoisotopic (exact) mass is 173 g/mol. The molecule has 5 heteroatoms. The van der Waals surface area contributed by atoms with E-state index in [2.05, 4.69) is 0 Å². The first-order chi connectivity index (χ1) is 5.65. The average Bonchev–Trinajstić information content (AvgIpc) is 2.32. The van der Waals surface area contributed by atoms with E-state index in [-0.39, 0.29) is 18.1 Å². The second-order valence-corrected chi connectivity index (χ2v) is 2.38. The highest BCUT2D eigenvalue weighted by Gasteiger charge is 2.27. The Balaban J connectivity index is 2.74. The van der Waals surface area contributed by atoms with E-state index < -0.39 is 5.97 Å². The Morgan fingerprint density at radius 2 is 2.50 bits per heavy atom. The molecule has 1 N–H and O–H groups in total. The minimum atomic E-state index is -0.997. The highest BCUT2D eigenvalue weighted by molar-refractivity contribution is 5.87. The van der Waals surface area contributed by atoms with E-state index in [1.54, 1.807) is 14.0 Å². The Hall–Kier alpha value is -1.23. The maximum absolute atomic E-state index is 10.6. The van der Waals surface area contributed by atoms with E-state index >= 15 is 0 Å². The highest BCUT2D eigenvalue weighted by atomic mass is 16.8. The summed E-state index contributed by atoms with van der Waals surface area (Å²) in [6.07, 6.45) is 0. The predicted molar refractivity (Wildman–Crippen MR) is 40.0 cm³/mol. The Morgan fingerprint density at radius 1 is 1.83 bits per heavy atom. The molecule has 0 aromatic heterocycles. The Bertz CT molecular complexity index is 223.